The lowest BCUT2D eigenvalue weighted by atomic mass is 10.0. The zero-order valence-electron chi connectivity index (χ0n) is 9.09. The van der Waals surface area contributed by atoms with Crippen LogP contribution in [-0.4, -0.2) is 18.5 Å². The van der Waals surface area contributed by atoms with Crippen LogP contribution in [0.3, 0.4) is 0 Å². The van der Waals surface area contributed by atoms with Crippen LogP contribution in [0.25, 0.3) is 0 Å². The standard InChI is InChI=1S/C12H14F3N/c1-16-7-3-6-11(16)9-4-2-5-10(8-9)12(13,14)15/h2,4-5,8,11H,3,6-7H2,1H3. The van der Waals surface area contributed by atoms with E-state index in [-0.39, 0.29) is 6.04 Å². The molecule has 0 radical (unpaired) electrons. The average Bonchev–Trinajstić information content (AvgIpc) is 2.63. The van der Waals surface area contributed by atoms with Crippen LogP contribution in [0, 0.1) is 0 Å². The summed E-state index contributed by atoms with van der Waals surface area (Å²) in [5.74, 6) is 0. The lowest BCUT2D eigenvalue weighted by molar-refractivity contribution is -0.137. The molecule has 1 aromatic carbocycles. The Morgan fingerprint density at radius 1 is 1.31 bits per heavy atom. The van der Waals surface area contributed by atoms with E-state index in [1.807, 2.05) is 7.05 Å². The van der Waals surface area contributed by atoms with Crippen molar-refractivity contribution in [2.45, 2.75) is 25.1 Å². The van der Waals surface area contributed by atoms with E-state index < -0.39 is 11.7 Å². The van der Waals surface area contributed by atoms with E-state index in [0.717, 1.165) is 31.0 Å². The molecule has 0 N–H and O–H groups in total. The van der Waals surface area contributed by atoms with Crippen molar-refractivity contribution in [2.24, 2.45) is 0 Å². The number of alkyl halides is 3. The first-order chi connectivity index (χ1) is 7.48. The lowest BCUT2D eigenvalue weighted by Gasteiger charge is -2.20. The average molecular weight is 229 g/mol. The van der Waals surface area contributed by atoms with Gasteiger partial charge in [0.15, 0.2) is 0 Å². The Bertz CT molecular complexity index is 373. The Balaban J connectivity index is 2.29. The molecule has 1 atom stereocenters. The van der Waals surface area contributed by atoms with Crippen molar-refractivity contribution < 1.29 is 13.2 Å². The summed E-state index contributed by atoms with van der Waals surface area (Å²) in [6.45, 7) is 0.959. The summed E-state index contributed by atoms with van der Waals surface area (Å²) in [6.07, 6.45) is -2.25. The lowest BCUT2D eigenvalue weighted by Crippen LogP contribution is -2.18. The first-order valence-electron chi connectivity index (χ1n) is 5.36. The maximum atomic E-state index is 12.5. The molecule has 1 nitrogen and oxygen atoms in total. The van der Waals surface area contributed by atoms with Crippen molar-refractivity contribution in [1.29, 1.82) is 0 Å². The molecule has 2 rings (SSSR count). The molecular formula is C12H14F3N. The molecule has 0 bridgehead atoms. The highest BCUT2D eigenvalue weighted by Crippen LogP contribution is 2.34. The summed E-state index contributed by atoms with van der Waals surface area (Å²) in [4.78, 5) is 2.11. The SMILES string of the molecule is CN1CCCC1c1cccc(C(F)(F)F)c1. The van der Waals surface area contributed by atoms with Gasteiger partial charge in [-0.3, -0.25) is 4.90 Å². The van der Waals surface area contributed by atoms with Crippen molar-refractivity contribution in [3.05, 3.63) is 35.4 Å². The monoisotopic (exact) mass is 229 g/mol. The molecule has 0 spiro atoms. The van der Waals surface area contributed by atoms with Gasteiger partial charge in [-0.1, -0.05) is 12.1 Å². The Kier molecular flexibility index (Phi) is 2.93. The second-order valence-corrected chi connectivity index (χ2v) is 4.26. The maximum absolute atomic E-state index is 12.5. The van der Waals surface area contributed by atoms with Crippen molar-refractivity contribution in [2.75, 3.05) is 13.6 Å². The fraction of sp³-hybridized carbons (Fsp3) is 0.500. The van der Waals surface area contributed by atoms with E-state index in [0.29, 0.717) is 0 Å². The predicted octanol–water partition coefficient (Wildman–Crippen LogP) is 3.47. The zero-order chi connectivity index (χ0) is 11.8. The van der Waals surface area contributed by atoms with Gasteiger partial charge in [0, 0.05) is 6.04 Å². The van der Waals surface area contributed by atoms with Gasteiger partial charge in [0.1, 0.15) is 0 Å². The van der Waals surface area contributed by atoms with Gasteiger partial charge >= 0.3 is 6.18 Å². The molecule has 1 aromatic rings. The first-order valence-corrected chi connectivity index (χ1v) is 5.36. The molecule has 1 aliphatic heterocycles. The van der Waals surface area contributed by atoms with Crippen LogP contribution in [-0.2, 0) is 6.18 Å². The second kappa shape index (κ2) is 4.09. The third-order valence-corrected chi connectivity index (χ3v) is 3.12. The first kappa shape index (κ1) is 11.5. The molecule has 4 heteroatoms. The van der Waals surface area contributed by atoms with E-state index in [9.17, 15) is 13.2 Å². The Morgan fingerprint density at radius 3 is 2.62 bits per heavy atom. The number of halogens is 3. The van der Waals surface area contributed by atoms with Crippen LogP contribution in [0.5, 0.6) is 0 Å². The van der Waals surface area contributed by atoms with E-state index in [2.05, 4.69) is 4.90 Å². The second-order valence-electron chi connectivity index (χ2n) is 4.26. The van der Waals surface area contributed by atoms with Crippen LogP contribution in [0.1, 0.15) is 30.0 Å². The van der Waals surface area contributed by atoms with Gasteiger partial charge in [-0.25, -0.2) is 0 Å². The highest BCUT2D eigenvalue weighted by molar-refractivity contribution is 5.28. The number of benzene rings is 1. The highest BCUT2D eigenvalue weighted by atomic mass is 19.4. The van der Waals surface area contributed by atoms with Gasteiger partial charge in [0.2, 0.25) is 0 Å². The summed E-state index contributed by atoms with van der Waals surface area (Å²) in [6, 6.07) is 5.80. The molecule has 1 fully saturated rings. The largest absolute Gasteiger partial charge is 0.416 e. The summed E-state index contributed by atoms with van der Waals surface area (Å²) in [5.41, 5.74) is 0.222. The summed E-state index contributed by atoms with van der Waals surface area (Å²) >= 11 is 0. The van der Waals surface area contributed by atoms with Crippen LogP contribution < -0.4 is 0 Å². The Morgan fingerprint density at radius 2 is 2.06 bits per heavy atom. The molecule has 1 heterocycles. The number of hydrogen-bond donors (Lipinski definition) is 0. The summed E-state index contributed by atoms with van der Waals surface area (Å²) in [7, 11) is 1.96. The minimum atomic E-state index is -4.24. The van der Waals surface area contributed by atoms with E-state index >= 15 is 0 Å². The van der Waals surface area contributed by atoms with Gasteiger partial charge in [-0.05, 0) is 44.1 Å². The zero-order valence-corrected chi connectivity index (χ0v) is 9.09. The molecule has 88 valence electrons. The summed E-state index contributed by atoms with van der Waals surface area (Å²) < 4.78 is 37.6. The van der Waals surface area contributed by atoms with Gasteiger partial charge < -0.3 is 0 Å². The van der Waals surface area contributed by atoms with Crippen LogP contribution in [0.15, 0.2) is 24.3 Å². The topological polar surface area (TPSA) is 3.24 Å². The van der Waals surface area contributed by atoms with E-state index in [1.165, 1.54) is 12.1 Å². The number of rotatable bonds is 1. The third kappa shape index (κ3) is 2.21. The van der Waals surface area contributed by atoms with Crippen LogP contribution in [0.2, 0.25) is 0 Å². The van der Waals surface area contributed by atoms with Crippen molar-refractivity contribution in [3.63, 3.8) is 0 Å². The Hall–Kier alpha value is -1.03. The van der Waals surface area contributed by atoms with Crippen LogP contribution in [0.4, 0.5) is 13.2 Å². The fourth-order valence-corrected chi connectivity index (χ4v) is 2.25. The fourth-order valence-electron chi connectivity index (χ4n) is 2.25. The minimum absolute atomic E-state index is 0.141. The highest BCUT2D eigenvalue weighted by Gasteiger charge is 2.31. The minimum Gasteiger partial charge on any atom is -0.299 e. The third-order valence-electron chi connectivity index (χ3n) is 3.12. The molecule has 0 saturated carbocycles. The number of nitrogens with zero attached hydrogens (tertiary/aromatic N) is 1. The molecule has 1 saturated heterocycles. The molecule has 0 aliphatic carbocycles. The normalized spacial score (nSPS) is 22.6. The van der Waals surface area contributed by atoms with Crippen molar-refractivity contribution in [3.8, 4) is 0 Å². The summed E-state index contributed by atoms with van der Waals surface area (Å²) in [5, 5.41) is 0. The van der Waals surface area contributed by atoms with Crippen molar-refractivity contribution >= 4 is 0 Å². The molecule has 0 aromatic heterocycles. The van der Waals surface area contributed by atoms with Gasteiger partial charge in [0.25, 0.3) is 0 Å². The van der Waals surface area contributed by atoms with E-state index in [4.69, 9.17) is 0 Å². The van der Waals surface area contributed by atoms with Gasteiger partial charge in [-0.15, -0.1) is 0 Å². The molecular weight excluding hydrogens is 215 g/mol. The quantitative estimate of drug-likeness (QED) is 0.712. The Labute approximate surface area is 92.9 Å². The molecule has 1 aliphatic rings. The molecule has 0 amide bonds. The van der Waals surface area contributed by atoms with E-state index in [1.54, 1.807) is 6.07 Å². The predicted molar refractivity (Wildman–Crippen MR) is 56.0 cm³/mol. The smallest absolute Gasteiger partial charge is 0.299 e. The maximum Gasteiger partial charge on any atom is 0.416 e. The molecule has 16 heavy (non-hydrogen) atoms. The van der Waals surface area contributed by atoms with Gasteiger partial charge in [-0.2, -0.15) is 13.2 Å². The van der Waals surface area contributed by atoms with Gasteiger partial charge in [0.05, 0.1) is 5.56 Å². The number of hydrogen-bond acceptors (Lipinski definition) is 1. The molecule has 1 unspecified atom stereocenters. The van der Waals surface area contributed by atoms with Crippen molar-refractivity contribution in [1.82, 2.24) is 4.90 Å². The number of likely N-dealkylation sites (tertiary alicyclic amines) is 1. The van der Waals surface area contributed by atoms with Crippen LogP contribution >= 0.6 is 0 Å².